The largest absolute Gasteiger partial charge is 0.375 e. The fourth-order valence-electron chi connectivity index (χ4n) is 1.70. The fraction of sp³-hybridized carbons (Fsp3) is 0.250. The summed E-state index contributed by atoms with van der Waals surface area (Å²) in [6.07, 6.45) is 3.60. The number of hydrogen-bond acceptors (Lipinski definition) is 4. The van der Waals surface area contributed by atoms with Crippen LogP contribution in [0.2, 0.25) is 0 Å². The van der Waals surface area contributed by atoms with Gasteiger partial charge in [-0.15, -0.1) is 0 Å². The molecule has 94 valence electrons. The third kappa shape index (κ3) is 2.65. The lowest BCUT2D eigenvalue weighted by atomic mass is 10.2. The van der Waals surface area contributed by atoms with Gasteiger partial charge in [0.05, 0.1) is 11.1 Å². The highest BCUT2D eigenvalue weighted by atomic mass is 16.6. The molecule has 0 saturated carbocycles. The molecular weight excluding hydrogens is 232 g/mol. The number of nitrogens with zero attached hydrogens (tertiary/aromatic N) is 3. The molecule has 0 radical (unpaired) electrons. The van der Waals surface area contributed by atoms with Crippen LogP contribution in [0.3, 0.4) is 0 Å². The Kier molecular flexibility index (Phi) is 3.27. The Bertz CT molecular complexity index is 577. The molecular formula is C12H14N4O2. The van der Waals surface area contributed by atoms with Crippen LogP contribution in [0.4, 0.5) is 11.4 Å². The van der Waals surface area contributed by atoms with Crippen molar-refractivity contribution in [1.82, 2.24) is 9.78 Å². The van der Waals surface area contributed by atoms with Gasteiger partial charge in [0.15, 0.2) is 0 Å². The van der Waals surface area contributed by atoms with Gasteiger partial charge in [-0.1, -0.05) is 6.07 Å². The molecule has 1 heterocycles. The number of nitrogens with one attached hydrogen (secondary N) is 1. The van der Waals surface area contributed by atoms with E-state index >= 15 is 0 Å². The van der Waals surface area contributed by atoms with Crippen LogP contribution in [0, 0.1) is 17.0 Å². The lowest BCUT2D eigenvalue weighted by Crippen LogP contribution is -2.02. The van der Waals surface area contributed by atoms with E-state index in [4.69, 9.17) is 0 Å². The Balaban J connectivity index is 2.16. The molecule has 2 aromatic rings. The van der Waals surface area contributed by atoms with E-state index in [2.05, 4.69) is 10.4 Å². The number of hydrogen-bond donors (Lipinski definition) is 1. The quantitative estimate of drug-likeness (QED) is 0.663. The molecule has 0 aliphatic rings. The van der Waals surface area contributed by atoms with Crippen LogP contribution in [-0.4, -0.2) is 14.7 Å². The standard InChI is InChI=1S/C12H14N4O2/c1-9-3-4-11(12(5-9)16(17)18)13-6-10-7-14-15(2)8-10/h3-5,7-8,13H,6H2,1-2H3. The first-order chi connectivity index (χ1) is 8.56. The van der Waals surface area contributed by atoms with E-state index in [9.17, 15) is 10.1 Å². The first kappa shape index (κ1) is 12.1. The van der Waals surface area contributed by atoms with Gasteiger partial charge in [-0.2, -0.15) is 5.10 Å². The van der Waals surface area contributed by atoms with E-state index in [-0.39, 0.29) is 10.6 Å². The van der Waals surface area contributed by atoms with E-state index in [1.54, 1.807) is 23.0 Å². The van der Waals surface area contributed by atoms with Crippen LogP contribution in [0.15, 0.2) is 30.6 Å². The first-order valence-corrected chi connectivity index (χ1v) is 5.52. The lowest BCUT2D eigenvalue weighted by molar-refractivity contribution is -0.384. The minimum Gasteiger partial charge on any atom is -0.375 e. The average Bonchev–Trinajstić information content (AvgIpc) is 2.73. The third-order valence-corrected chi connectivity index (χ3v) is 2.59. The molecule has 0 unspecified atom stereocenters. The van der Waals surface area contributed by atoms with Gasteiger partial charge in [0.1, 0.15) is 5.69 Å². The number of aromatic nitrogens is 2. The Labute approximate surface area is 104 Å². The number of rotatable bonds is 4. The van der Waals surface area contributed by atoms with Gasteiger partial charge in [-0.05, 0) is 18.6 Å². The van der Waals surface area contributed by atoms with Crippen LogP contribution in [0.1, 0.15) is 11.1 Å². The minimum absolute atomic E-state index is 0.0962. The van der Waals surface area contributed by atoms with Gasteiger partial charge < -0.3 is 5.32 Å². The van der Waals surface area contributed by atoms with Crippen molar-refractivity contribution in [3.05, 3.63) is 51.8 Å². The first-order valence-electron chi connectivity index (χ1n) is 5.52. The zero-order chi connectivity index (χ0) is 13.1. The minimum atomic E-state index is -0.376. The highest BCUT2D eigenvalue weighted by molar-refractivity contribution is 5.62. The number of nitro groups is 1. The fourth-order valence-corrected chi connectivity index (χ4v) is 1.70. The molecule has 0 aliphatic carbocycles. The SMILES string of the molecule is Cc1ccc(NCc2cnn(C)c2)c([N+](=O)[O-])c1. The Hall–Kier alpha value is -2.37. The van der Waals surface area contributed by atoms with Crippen LogP contribution < -0.4 is 5.32 Å². The summed E-state index contributed by atoms with van der Waals surface area (Å²) in [5.74, 6) is 0. The maximum Gasteiger partial charge on any atom is 0.292 e. The molecule has 0 spiro atoms. The summed E-state index contributed by atoms with van der Waals surface area (Å²) in [5, 5.41) is 18.0. The second-order valence-electron chi connectivity index (χ2n) is 4.15. The van der Waals surface area contributed by atoms with Crippen molar-refractivity contribution < 1.29 is 4.92 Å². The zero-order valence-corrected chi connectivity index (χ0v) is 10.3. The van der Waals surface area contributed by atoms with Crippen LogP contribution in [-0.2, 0) is 13.6 Å². The summed E-state index contributed by atoms with van der Waals surface area (Å²) in [7, 11) is 1.83. The molecule has 0 amide bonds. The highest BCUT2D eigenvalue weighted by Gasteiger charge is 2.13. The van der Waals surface area contributed by atoms with Gasteiger partial charge in [0.2, 0.25) is 0 Å². The number of benzene rings is 1. The van der Waals surface area contributed by atoms with Gasteiger partial charge >= 0.3 is 0 Å². The average molecular weight is 246 g/mol. The molecule has 0 fully saturated rings. The topological polar surface area (TPSA) is 73.0 Å². The van der Waals surface area contributed by atoms with E-state index in [1.165, 1.54) is 0 Å². The van der Waals surface area contributed by atoms with Crippen LogP contribution in [0.5, 0.6) is 0 Å². The molecule has 1 aromatic carbocycles. The number of nitro benzene ring substituents is 1. The molecule has 18 heavy (non-hydrogen) atoms. The van der Waals surface area contributed by atoms with E-state index in [0.29, 0.717) is 12.2 Å². The number of aryl methyl sites for hydroxylation is 2. The molecule has 6 heteroatoms. The predicted molar refractivity (Wildman–Crippen MR) is 68.4 cm³/mol. The summed E-state index contributed by atoms with van der Waals surface area (Å²) in [6, 6.07) is 5.13. The second-order valence-corrected chi connectivity index (χ2v) is 4.15. The van der Waals surface area contributed by atoms with E-state index < -0.39 is 0 Å². The molecule has 0 saturated heterocycles. The monoisotopic (exact) mass is 246 g/mol. The number of anilines is 1. The molecule has 2 rings (SSSR count). The smallest absolute Gasteiger partial charge is 0.292 e. The Morgan fingerprint density at radius 2 is 2.28 bits per heavy atom. The van der Waals surface area contributed by atoms with Crippen molar-refractivity contribution in [3.63, 3.8) is 0 Å². The van der Waals surface area contributed by atoms with Gasteiger partial charge in [0, 0.05) is 31.4 Å². The van der Waals surface area contributed by atoms with Crippen molar-refractivity contribution in [2.75, 3.05) is 5.32 Å². The molecule has 0 bridgehead atoms. The third-order valence-electron chi connectivity index (χ3n) is 2.59. The lowest BCUT2D eigenvalue weighted by Gasteiger charge is -2.06. The van der Waals surface area contributed by atoms with Crippen molar-refractivity contribution in [3.8, 4) is 0 Å². The summed E-state index contributed by atoms with van der Waals surface area (Å²) in [6.45, 7) is 2.34. The van der Waals surface area contributed by atoms with E-state index in [1.807, 2.05) is 26.2 Å². The predicted octanol–water partition coefficient (Wildman–Crippen LogP) is 2.25. The normalized spacial score (nSPS) is 10.3. The van der Waals surface area contributed by atoms with E-state index in [0.717, 1.165) is 11.1 Å². The van der Waals surface area contributed by atoms with Gasteiger partial charge in [-0.25, -0.2) is 0 Å². The van der Waals surface area contributed by atoms with Crippen molar-refractivity contribution in [2.24, 2.45) is 7.05 Å². The second kappa shape index (κ2) is 4.87. The summed E-state index contributed by atoms with van der Waals surface area (Å²) in [4.78, 5) is 10.6. The molecule has 1 aromatic heterocycles. The highest BCUT2D eigenvalue weighted by Crippen LogP contribution is 2.25. The van der Waals surface area contributed by atoms with Gasteiger partial charge in [-0.3, -0.25) is 14.8 Å². The maximum atomic E-state index is 10.9. The zero-order valence-electron chi connectivity index (χ0n) is 10.3. The molecule has 0 aliphatic heterocycles. The molecule has 1 N–H and O–H groups in total. The van der Waals surface area contributed by atoms with Crippen molar-refractivity contribution >= 4 is 11.4 Å². The molecule has 0 atom stereocenters. The van der Waals surface area contributed by atoms with Gasteiger partial charge in [0.25, 0.3) is 5.69 Å². The maximum absolute atomic E-state index is 10.9. The van der Waals surface area contributed by atoms with Crippen LogP contribution >= 0.6 is 0 Å². The summed E-state index contributed by atoms with van der Waals surface area (Å²) in [5.41, 5.74) is 2.47. The van der Waals surface area contributed by atoms with Crippen molar-refractivity contribution in [2.45, 2.75) is 13.5 Å². The van der Waals surface area contributed by atoms with Crippen LogP contribution in [0.25, 0.3) is 0 Å². The summed E-state index contributed by atoms with van der Waals surface area (Å²) >= 11 is 0. The Morgan fingerprint density at radius 3 is 2.89 bits per heavy atom. The van der Waals surface area contributed by atoms with Crippen molar-refractivity contribution in [1.29, 1.82) is 0 Å². The Morgan fingerprint density at radius 1 is 1.50 bits per heavy atom. The molecule has 6 nitrogen and oxygen atoms in total. The summed E-state index contributed by atoms with van der Waals surface area (Å²) < 4.78 is 1.70.